The van der Waals surface area contributed by atoms with Gasteiger partial charge in [0.1, 0.15) is 12.1 Å². The lowest BCUT2D eigenvalue weighted by Crippen LogP contribution is -2.32. The largest absolute Gasteiger partial charge is 0.490 e. The number of fused-ring (bicyclic) bond motifs is 1. The minimum atomic E-state index is -0.567. The molecule has 2 aromatic rings. The molecule has 10 heteroatoms. The molecule has 0 saturated heterocycles. The van der Waals surface area contributed by atoms with Crippen molar-refractivity contribution >= 4 is 27.8 Å². The number of carbonyl (C=O) groups excluding carboxylic acids is 1. The molecule has 1 aliphatic heterocycles. The molecule has 1 N–H and O–H groups in total. The summed E-state index contributed by atoms with van der Waals surface area (Å²) in [7, 11) is 0. The van der Waals surface area contributed by atoms with Gasteiger partial charge in [0.2, 0.25) is 5.95 Å². The quantitative estimate of drug-likeness (QED) is 0.347. The lowest BCUT2D eigenvalue weighted by atomic mass is 9.94. The molecular weight excluding hydrogens is 502 g/mol. The van der Waals surface area contributed by atoms with Crippen molar-refractivity contribution in [3.8, 4) is 11.5 Å². The highest BCUT2D eigenvalue weighted by molar-refractivity contribution is 9.10. The van der Waals surface area contributed by atoms with E-state index < -0.39 is 6.04 Å². The number of anilines is 1. The number of hydrogen-bond donors (Lipinski definition) is 1. The fraction of sp³-hybridized carbons (Fsp3) is 0.583. The van der Waals surface area contributed by atoms with Crippen molar-refractivity contribution < 1.29 is 19.0 Å². The van der Waals surface area contributed by atoms with Gasteiger partial charge in [0.15, 0.2) is 11.5 Å². The van der Waals surface area contributed by atoms with E-state index in [0.29, 0.717) is 41.9 Å². The van der Waals surface area contributed by atoms with Crippen molar-refractivity contribution in [2.24, 2.45) is 0 Å². The molecule has 184 valence electrons. The molecule has 0 radical (unpaired) electrons. The molecule has 2 aliphatic rings. The number of aromatic nitrogens is 4. The number of nitrogens with zero attached hydrogens (tertiary/aromatic N) is 4. The van der Waals surface area contributed by atoms with Gasteiger partial charge < -0.3 is 19.5 Å². The molecular formula is C24H32BrN5O4. The monoisotopic (exact) mass is 533 g/mol. The lowest BCUT2D eigenvalue weighted by Gasteiger charge is -2.30. The van der Waals surface area contributed by atoms with Crippen LogP contribution in [0.2, 0.25) is 0 Å². The maximum Gasteiger partial charge on any atom is 0.338 e. The Hall–Kier alpha value is -2.62. The third-order valence-electron chi connectivity index (χ3n) is 6.15. The van der Waals surface area contributed by atoms with E-state index in [1.54, 1.807) is 4.68 Å². The molecule has 1 saturated carbocycles. The van der Waals surface area contributed by atoms with Gasteiger partial charge in [0, 0.05) is 5.70 Å². The number of carbonyl (C=O) groups is 1. The maximum absolute atomic E-state index is 13.5. The first-order chi connectivity index (χ1) is 16.5. The van der Waals surface area contributed by atoms with E-state index in [4.69, 9.17) is 14.2 Å². The highest BCUT2D eigenvalue weighted by atomic mass is 79.9. The Bertz CT molecular complexity index is 1050. The number of nitrogens with one attached hydrogen (secondary N) is 1. The molecule has 9 nitrogen and oxygen atoms in total. The maximum atomic E-state index is 13.5. The van der Waals surface area contributed by atoms with Crippen LogP contribution in [0.4, 0.5) is 5.95 Å². The van der Waals surface area contributed by atoms with E-state index in [1.165, 1.54) is 6.42 Å². The van der Waals surface area contributed by atoms with E-state index >= 15 is 0 Å². The smallest absolute Gasteiger partial charge is 0.338 e. The molecule has 1 atom stereocenters. The number of benzene rings is 1. The zero-order valence-corrected chi connectivity index (χ0v) is 21.6. The molecule has 1 aliphatic carbocycles. The number of rotatable bonds is 9. The predicted octanol–water partition coefficient (Wildman–Crippen LogP) is 5.18. The summed E-state index contributed by atoms with van der Waals surface area (Å²) in [6.45, 7) is 6.97. The summed E-state index contributed by atoms with van der Waals surface area (Å²) < 4.78 is 20.3. The Balaban J connectivity index is 1.72. The van der Waals surface area contributed by atoms with Crippen molar-refractivity contribution in [1.29, 1.82) is 0 Å². The van der Waals surface area contributed by atoms with Crippen LogP contribution in [0.5, 0.6) is 11.5 Å². The van der Waals surface area contributed by atoms with Gasteiger partial charge in [-0.1, -0.05) is 24.9 Å². The topological polar surface area (TPSA) is 100 Å². The zero-order valence-electron chi connectivity index (χ0n) is 20.0. The third-order valence-corrected chi connectivity index (χ3v) is 6.74. The molecule has 0 spiro atoms. The van der Waals surface area contributed by atoms with Gasteiger partial charge in [-0.05, 0) is 90.0 Å². The van der Waals surface area contributed by atoms with Crippen LogP contribution in [0.15, 0.2) is 27.9 Å². The summed E-state index contributed by atoms with van der Waals surface area (Å²) in [4.78, 5) is 13.5. The lowest BCUT2D eigenvalue weighted by molar-refractivity contribution is -0.146. The average Bonchev–Trinajstić information content (AvgIpc) is 3.28. The van der Waals surface area contributed by atoms with E-state index in [2.05, 4.69) is 43.7 Å². The molecule has 1 unspecified atom stereocenters. The summed E-state index contributed by atoms with van der Waals surface area (Å²) >= 11 is 3.66. The van der Waals surface area contributed by atoms with E-state index in [9.17, 15) is 4.79 Å². The number of halogens is 1. The normalized spacial score (nSPS) is 18.3. The SMILES string of the molecule is CCCCOc1c(Br)cc(C2C(C(=O)OC3CCCCC3)=C(C)Nc3nnnn32)cc1OCC. The van der Waals surface area contributed by atoms with Gasteiger partial charge >= 0.3 is 5.97 Å². The van der Waals surface area contributed by atoms with Crippen molar-refractivity contribution in [3.05, 3.63) is 33.4 Å². The molecule has 1 fully saturated rings. The van der Waals surface area contributed by atoms with Crippen LogP contribution in [0.1, 0.15) is 77.3 Å². The average molecular weight is 534 g/mol. The summed E-state index contributed by atoms with van der Waals surface area (Å²) in [6, 6.07) is 3.27. The Morgan fingerprint density at radius 3 is 2.74 bits per heavy atom. The summed E-state index contributed by atoms with van der Waals surface area (Å²) in [5.74, 6) is 1.38. The van der Waals surface area contributed by atoms with Crippen LogP contribution in [-0.2, 0) is 9.53 Å². The number of ether oxygens (including phenoxy) is 3. The molecule has 0 amide bonds. The van der Waals surface area contributed by atoms with Crippen LogP contribution in [0, 0.1) is 0 Å². The van der Waals surface area contributed by atoms with Gasteiger partial charge in [0.25, 0.3) is 0 Å². The van der Waals surface area contributed by atoms with Gasteiger partial charge in [-0.25, -0.2) is 4.79 Å². The molecule has 1 aromatic carbocycles. The van der Waals surface area contributed by atoms with Crippen LogP contribution >= 0.6 is 15.9 Å². The molecule has 1 aromatic heterocycles. The number of hydrogen-bond acceptors (Lipinski definition) is 8. The standard InChI is InChI=1S/C24H32BrN5O4/c1-4-6-12-33-22-18(25)13-16(14-19(22)32-5-2)21-20(15(3)26-24-27-28-29-30(21)24)23(31)34-17-10-8-7-9-11-17/h13-14,17,21H,4-12H2,1-3H3,(H,26,27,29). The fourth-order valence-electron chi connectivity index (χ4n) is 4.45. The Morgan fingerprint density at radius 2 is 2.00 bits per heavy atom. The number of unbranched alkanes of at least 4 members (excludes halogenated alkanes) is 1. The predicted molar refractivity (Wildman–Crippen MR) is 131 cm³/mol. The summed E-state index contributed by atoms with van der Waals surface area (Å²) in [5, 5.41) is 15.2. The first kappa shape index (κ1) is 24.5. The Labute approximate surface area is 208 Å². The second-order valence-electron chi connectivity index (χ2n) is 8.64. The first-order valence-corrected chi connectivity index (χ1v) is 12.9. The van der Waals surface area contributed by atoms with E-state index in [-0.39, 0.29) is 12.1 Å². The molecule has 0 bridgehead atoms. The number of allylic oxidation sites excluding steroid dienone is 1. The highest BCUT2D eigenvalue weighted by Gasteiger charge is 2.37. The van der Waals surface area contributed by atoms with Gasteiger partial charge in [0.05, 0.1) is 23.3 Å². The van der Waals surface area contributed by atoms with Gasteiger partial charge in [-0.15, -0.1) is 0 Å². The van der Waals surface area contributed by atoms with Gasteiger partial charge in [-0.2, -0.15) is 4.68 Å². The van der Waals surface area contributed by atoms with Gasteiger partial charge in [-0.3, -0.25) is 0 Å². The van der Waals surface area contributed by atoms with E-state index in [0.717, 1.165) is 48.6 Å². The molecule has 2 heterocycles. The Kier molecular flexibility index (Phi) is 8.07. The minimum absolute atomic E-state index is 0.0578. The minimum Gasteiger partial charge on any atom is -0.490 e. The number of esters is 1. The second-order valence-corrected chi connectivity index (χ2v) is 9.50. The molecule has 34 heavy (non-hydrogen) atoms. The second kappa shape index (κ2) is 11.2. The van der Waals surface area contributed by atoms with Crippen LogP contribution in [0.25, 0.3) is 0 Å². The van der Waals surface area contributed by atoms with Crippen molar-refractivity contribution in [2.45, 2.75) is 77.9 Å². The van der Waals surface area contributed by atoms with Crippen LogP contribution < -0.4 is 14.8 Å². The molecule has 4 rings (SSSR count). The van der Waals surface area contributed by atoms with Crippen LogP contribution in [0.3, 0.4) is 0 Å². The van der Waals surface area contributed by atoms with Crippen molar-refractivity contribution in [2.75, 3.05) is 18.5 Å². The Morgan fingerprint density at radius 1 is 1.21 bits per heavy atom. The van der Waals surface area contributed by atoms with Crippen LogP contribution in [-0.4, -0.2) is 45.5 Å². The van der Waals surface area contributed by atoms with E-state index in [1.807, 2.05) is 26.0 Å². The third kappa shape index (κ3) is 5.21. The summed E-state index contributed by atoms with van der Waals surface area (Å²) in [5.41, 5.74) is 1.95. The van der Waals surface area contributed by atoms with Crippen molar-refractivity contribution in [3.63, 3.8) is 0 Å². The first-order valence-electron chi connectivity index (χ1n) is 12.1. The number of tetrazole rings is 1. The van der Waals surface area contributed by atoms with Crippen molar-refractivity contribution in [1.82, 2.24) is 20.2 Å². The highest BCUT2D eigenvalue weighted by Crippen LogP contribution is 2.43. The summed E-state index contributed by atoms with van der Waals surface area (Å²) in [6.07, 6.45) is 7.07. The fourth-order valence-corrected chi connectivity index (χ4v) is 5.02. The zero-order chi connectivity index (χ0) is 24.1.